The second-order valence-corrected chi connectivity index (χ2v) is 4.37. The molecule has 78 valence electrons. The van der Waals surface area contributed by atoms with Crippen LogP contribution in [0.4, 0.5) is 5.82 Å². The van der Waals surface area contributed by atoms with Gasteiger partial charge < -0.3 is 0 Å². The molecule has 1 aliphatic heterocycles. The molecule has 0 spiro atoms. The molecule has 0 atom stereocenters. The number of halogens is 1. The smallest absolute Gasteiger partial charge is 0.236 e. The van der Waals surface area contributed by atoms with E-state index >= 15 is 0 Å². The van der Waals surface area contributed by atoms with Crippen molar-refractivity contribution in [2.45, 2.75) is 13.3 Å². The molecule has 0 bridgehead atoms. The lowest BCUT2D eigenvalue weighted by Crippen LogP contribution is -2.25. The molecule has 0 radical (unpaired) electrons. The Hall–Kier alpha value is -1.23. The Morgan fingerprint density at radius 2 is 2.20 bits per heavy atom. The minimum atomic E-state index is -0.183. The lowest BCUT2D eigenvalue weighted by atomic mass is 10.3. The van der Waals surface area contributed by atoms with Crippen LogP contribution < -0.4 is 4.90 Å². The van der Waals surface area contributed by atoms with E-state index in [4.69, 9.17) is 0 Å². The molecule has 0 N–H and O–H groups in total. The van der Waals surface area contributed by atoms with Crippen molar-refractivity contribution in [2.24, 2.45) is 0 Å². The summed E-state index contributed by atoms with van der Waals surface area (Å²) in [6.07, 6.45) is 1.66. The van der Waals surface area contributed by atoms with Gasteiger partial charge in [-0.1, -0.05) is 0 Å². The van der Waals surface area contributed by atoms with Gasteiger partial charge in [0.25, 0.3) is 0 Å². The Morgan fingerprint density at radius 3 is 2.73 bits per heavy atom. The average molecular weight is 269 g/mol. The van der Waals surface area contributed by atoms with Gasteiger partial charge in [0.05, 0.1) is 17.4 Å². The monoisotopic (exact) mass is 268 g/mol. The number of nitrogens with zero attached hydrogens (tertiary/aromatic N) is 2. The minimum absolute atomic E-state index is 0.0119. The molecule has 0 saturated carbocycles. The Morgan fingerprint density at radius 1 is 1.47 bits per heavy atom. The molecule has 1 fully saturated rings. The van der Waals surface area contributed by atoms with E-state index in [1.165, 1.54) is 4.90 Å². The molecular weight excluding hydrogens is 260 g/mol. The zero-order chi connectivity index (χ0) is 11.0. The first-order valence-corrected chi connectivity index (χ1v) is 5.31. The number of aromatic nitrogens is 1. The van der Waals surface area contributed by atoms with Crippen molar-refractivity contribution < 1.29 is 9.59 Å². The van der Waals surface area contributed by atoms with Gasteiger partial charge in [-0.25, -0.2) is 4.98 Å². The number of hydrogen-bond acceptors (Lipinski definition) is 3. The number of ketones is 1. The number of hydrogen-bond donors (Lipinski definition) is 0. The van der Waals surface area contributed by atoms with E-state index in [1.807, 2.05) is 13.0 Å². The fourth-order valence-corrected chi connectivity index (χ4v) is 2.18. The predicted molar refractivity (Wildman–Crippen MR) is 58.7 cm³/mol. The molecule has 2 heterocycles. The number of carbonyl (C=O) groups excluding carboxylic acids is 2. The highest BCUT2D eigenvalue weighted by molar-refractivity contribution is 9.10. The number of rotatable bonds is 1. The van der Waals surface area contributed by atoms with Crippen LogP contribution in [0.15, 0.2) is 16.7 Å². The van der Waals surface area contributed by atoms with Gasteiger partial charge in [0.15, 0.2) is 5.78 Å². The topological polar surface area (TPSA) is 50.3 Å². The molecule has 1 aromatic heterocycles. The molecule has 4 nitrogen and oxygen atoms in total. The number of anilines is 1. The van der Waals surface area contributed by atoms with Gasteiger partial charge in [-0.3, -0.25) is 14.5 Å². The molecule has 1 aromatic rings. The second-order valence-electron chi connectivity index (χ2n) is 3.51. The highest BCUT2D eigenvalue weighted by Gasteiger charge is 2.30. The molecule has 2 rings (SSSR count). The fraction of sp³-hybridized carbons (Fsp3) is 0.300. The molecule has 0 unspecified atom stereocenters. The standard InChI is InChI=1S/C10H9BrN2O2/c1-6-2-8(11)10(12-4-6)13-5-7(14)3-9(13)15/h2,4H,3,5H2,1H3. The van der Waals surface area contributed by atoms with E-state index < -0.39 is 0 Å². The summed E-state index contributed by atoms with van der Waals surface area (Å²) in [6.45, 7) is 2.05. The molecule has 0 aromatic carbocycles. The largest absolute Gasteiger partial charge is 0.297 e. The van der Waals surface area contributed by atoms with Crippen molar-refractivity contribution in [1.29, 1.82) is 0 Å². The lowest BCUT2D eigenvalue weighted by Gasteiger charge is -2.15. The van der Waals surface area contributed by atoms with Crippen molar-refractivity contribution in [3.05, 3.63) is 22.3 Å². The highest BCUT2D eigenvalue weighted by atomic mass is 79.9. The Bertz CT molecular complexity index is 445. The maximum absolute atomic E-state index is 11.5. The third-order valence-corrected chi connectivity index (χ3v) is 2.78. The quantitative estimate of drug-likeness (QED) is 0.725. The van der Waals surface area contributed by atoms with Gasteiger partial charge in [0, 0.05) is 6.20 Å². The van der Waals surface area contributed by atoms with Crippen molar-refractivity contribution >= 4 is 33.4 Å². The van der Waals surface area contributed by atoms with Crippen molar-refractivity contribution in [3.63, 3.8) is 0 Å². The summed E-state index contributed by atoms with van der Waals surface area (Å²) in [5.41, 5.74) is 1.00. The average Bonchev–Trinajstić information content (AvgIpc) is 2.45. The van der Waals surface area contributed by atoms with Gasteiger partial charge in [0.1, 0.15) is 5.82 Å². The van der Waals surface area contributed by atoms with Gasteiger partial charge in [0.2, 0.25) is 5.91 Å². The summed E-state index contributed by atoms with van der Waals surface area (Å²) >= 11 is 3.34. The van der Waals surface area contributed by atoms with E-state index in [-0.39, 0.29) is 24.7 Å². The van der Waals surface area contributed by atoms with Gasteiger partial charge >= 0.3 is 0 Å². The number of aryl methyl sites for hydroxylation is 1. The van der Waals surface area contributed by atoms with Crippen molar-refractivity contribution in [1.82, 2.24) is 4.98 Å². The van der Waals surface area contributed by atoms with Crippen molar-refractivity contribution in [2.75, 3.05) is 11.4 Å². The maximum Gasteiger partial charge on any atom is 0.236 e. The van der Waals surface area contributed by atoms with E-state index in [1.54, 1.807) is 6.20 Å². The molecular formula is C10H9BrN2O2. The van der Waals surface area contributed by atoms with E-state index in [2.05, 4.69) is 20.9 Å². The van der Waals surface area contributed by atoms with E-state index in [0.29, 0.717) is 5.82 Å². The lowest BCUT2D eigenvalue weighted by molar-refractivity contribution is -0.121. The van der Waals surface area contributed by atoms with Gasteiger partial charge in [-0.05, 0) is 34.5 Å². The Balaban J connectivity index is 2.38. The van der Waals surface area contributed by atoms with Crippen LogP contribution in [0.1, 0.15) is 12.0 Å². The molecule has 15 heavy (non-hydrogen) atoms. The molecule has 5 heteroatoms. The molecule has 1 saturated heterocycles. The van der Waals surface area contributed by atoms with Crippen LogP contribution in [-0.4, -0.2) is 23.2 Å². The first-order valence-electron chi connectivity index (χ1n) is 4.52. The van der Waals surface area contributed by atoms with Crippen LogP contribution in [-0.2, 0) is 9.59 Å². The van der Waals surface area contributed by atoms with Crippen LogP contribution in [0.2, 0.25) is 0 Å². The number of amides is 1. The van der Waals surface area contributed by atoms with Crippen LogP contribution in [0.3, 0.4) is 0 Å². The first-order chi connectivity index (χ1) is 7.08. The minimum Gasteiger partial charge on any atom is -0.297 e. The SMILES string of the molecule is Cc1cnc(N2CC(=O)CC2=O)c(Br)c1. The van der Waals surface area contributed by atoms with Crippen LogP contribution >= 0.6 is 15.9 Å². The summed E-state index contributed by atoms with van der Waals surface area (Å²) in [5.74, 6) is 0.280. The van der Waals surface area contributed by atoms with E-state index in [0.717, 1.165) is 10.0 Å². The number of pyridine rings is 1. The zero-order valence-electron chi connectivity index (χ0n) is 8.16. The maximum atomic E-state index is 11.5. The first kappa shape index (κ1) is 10.3. The fourth-order valence-electron chi connectivity index (χ4n) is 1.50. The Labute approximate surface area is 95.4 Å². The third-order valence-electron chi connectivity index (χ3n) is 2.20. The highest BCUT2D eigenvalue weighted by Crippen LogP contribution is 2.26. The number of carbonyl (C=O) groups is 2. The molecule has 0 aliphatic carbocycles. The third kappa shape index (κ3) is 1.92. The summed E-state index contributed by atoms with van der Waals surface area (Å²) in [5, 5.41) is 0. The van der Waals surface area contributed by atoms with Gasteiger partial charge in [-0.15, -0.1) is 0 Å². The zero-order valence-corrected chi connectivity index (χ0v) is 9.74. The number of Topliss-reactive ketones (excluding diaryl/α,β-unsaturated/α-hetero) is 1. The summed E-state index contributed by atoms with van der Waals surface area (Å²) < 4.78 is 0.741. The summed E-state index contributed by atoms with van der Waals surface area (Å²) in [7, 11) is 0. The summed E-state index contributed by atoms with van der Waals surface area (Å²) in [6, 6.07) is 1.87. The normalized spacial score (nSPS) is 16.3. The predicted octanol–water partition coefficient (Wildman–Crippen LogP) is 1.46. The van der Waals surface area contributed by atoms with Crippen LogP contribution in [0, 0.1) is 6.92 Å². The molecule has 1 amide bonds. The van der Waals surface area contributed by atoms with Crippen molar-refractivity contribution in [3.8, 4) is 0 Å². The second kappa shape index (κ2) is 3.73. The molecule has 1 aliphatic rings. The van der Waals surface area contributed by atoms with E-state index in [9.17, 15) is 9.59 Å². The summed E-state index contributed by atoms with van der Waals surface area (Å²) in [4.78, 5) is 28.1. The van der Waals surface area contributed by atoms with Crippen LogP contribution in [0.25, 0.3) is 0 Å². The van der Waals surface area contributed by atoms with Crippen LogP contribution in [0.5, 0.6) is 0 Å². The Kier molecular flexibility index (Phi) is 2.56. The van der Waals surface area contributed by atoms with Gasteiger partial charge in [-0.2, -0.15) is 0 Å².